The molecule has 0 spiro atoms. The van der Waals surface area contributed by atoms with E-state index in [0.717, 1.165) is 6.42 Å². The molecule has 0 saturated carbocycles. The average Bonchev–Trinajstić information content (AvgIpc) is 2.59. The number of aromatic hydroxyl groups is 1. The summed E-state index contributed by atoms with van der Waals surface area (Å²) in [6, 6.07) is 6.87. The first-order chi connectivity index (χ1) is 7.09. The van der Waals surface area contributed by atoms with E-state index in [2.05, 4.69) is 31.9 Å². The number of phenolic OH excluding ortho intramolecular Hbond substituents is 1. The van der Waals surface area contributed by atoms with Gasteiger partial charge in [0.2, 0.25) is 0 Å². The lowest BCUT2D eigenvalue weighted by atomic mass is 10.1. The van der Waals surface area contributed by atoms with Crippen molar-refractivity contribution < 1.29 is 5.11 Å². The van der Waals surface area contributed by atoms with Crippen LogP contribution >= 0.6 is 0 Å². The van der Waals surface area contributed by atoms with Gasteiger partial charge in [-0.15, -0.1) is 0 Å². The van der Waals surface area contributed by atoms with Crippen LogP contribution in [0.15, 0.2) is 18.2 Å². The Morgan fingerprint density at radius 3 is 2.80 bits per heavy atom. The molecule has 2 rings (SSSR count). The van der Waals surface area contributed by atoms with E-state index in [4.69, 9.17) is 0 Å². The quantitative estimate of drug-likeness (QED) is 0.802. The maximum atomic E-state index is 9.42. The van der Waals surface area contributed by atoms with Gasteiger partial charge in [0.25, 0.3) is 0 Å². The van der Waals surface area contributed by atoms with Crippen LogP contribution < -0.4 is 0 Å². The topological polar surface area (TPSA) is 23.5 Å². The molecule has 1 N–H and O–H groups in total. The van der Waals surface area contributed by atoms with E-state index in [-0.39, 0.29) is 0 Å². The highest BCUT2D eigenvalue weighted by molar-refractivity contribution is 5.40. The van der Waals surface area contributed by atoms with Gasteiger partial charge < -0.3 is 5.11 Å². The lowest BCUT2D eigenvalue weighted by Crippen LogP contribution is -2.29. The molecule has 0 saturated heterocycles. The Bertz CT molecular complexity index is 360. The number of rotatable bonds is 2. The minimum absolute atomic E-state index is 0.390. The highest BCUT2D eigenvalue weighted by atomic mass is 16.3. The number of phenols is 1. The van der Waals surface area contributed by atoms with Crippen LogP contribution in [-0.4, -0.2) is 23.1 Å². The number of hydrogen-bond acceptors (Lipinski definition) is 2. The molecule has 2 nitrogen and oxygen atoms in total. The van der Waals surface area contributed by atoms with E-state index in [0.29, 0.717) is 17.8 Å². The molecule has 1 unspecified atom stereocenters. The van der Waals surface area contributed by atoms with E-state index in [9.17, 15) is 5.11 Å². The minimum Gasteiger partial charge on any atom is -0.508 e. The summed E-state index contributed by atoms with van der Waals surface area (Å²) >= 11 is 0. The van der Waals surface area contributed by atoms with Gasteiger partial charge in [0.1, 0.15) is 5.75 Å². The highest BCUT2D eigenvalue weighted by Crippen LogP contribution is 2.37. The lowest BCUT2D eigenvalue weighted by molar-refractivity contribution is 0.196. The van der Waals surface area contributed by atoms with Crippen LogP contribution in [0.4, 0.5) is 0 Å². The Balaban J connectivity index is 2.29. The number of fused-ring (bicyclic) bond motifs is 1. The van der Waals surface area contributed by atoms with Crippen molar-refractivity contribution in [3.05, 3.63) is 29.3 Å². The smallest absolute Gasteiger partial charge is 0.115 e. The monoisotopic (exact) mass is 205 g/mol. The number of aryl methyl sites for hydroxylation is 1. The van der Waals surface area contributed by atoms with Gasteiger partial charge in [-0.05, 0) is 57.0 Å². The summed E-state index contributed by atoms with van der Waals surface area (Å²) in [4.78, 5) is 2.41. The first kappa shape index (κ1) is 10.5. The maximum absolute atomic E-state index is 9.42. The molecule has 0 fully saturated rings. The molecule has 1 aliphatic rings. The average molecular weight is 205 g/mol. The molecule has 0 radical (unpaired) electrons. The van der Waals surface area contributed by atoms with Gasteiger partial charge in [-0.2, -0.15) is 0 Å². The fraction of sp³-hybridized carbons (Fsp3) is 0.538. The van der Waals surface area contributed by atoms with Crippen LogP contribution in [0.1, 0.15) is 37.4 Å². The van der Waals surface area contributed by atoms with E-state index in [1.54, 1.807) is 6.07 Å². The molecular formula is C13H19NO. The third-order valence-corrected chi connectivity index (χ3v) is 3.48. The standard InChI is InChI=1S/C13H19NO/c1-9(2)14(3)13-7-4-10-8-11(15)5-6-12(10)13/h5-6,8-9,13,15H,4,7H2,1-3H3. The summed E-state index contributed by atoms with van der Waals surface area (Å²) in [5.41, 5.74) is 2.71. The Morgan fingerprint density at radius 1 is 1.40 bits per heavy atom. The number of benzene rings is 1. The second-order valence-corrected chi connectivity index (χ2v) is 4.70. The van der Waals surface area contributed by atoms with E-state index >= 15 is 0 Å². The fourth-order valence-corrected chi connectivity index (χ4v) is 2.36. The number of nitrogens with zero attached hydrogens (tertiary/aromatic N) is 1. The van der Waals surface area contributed by atoms with Crippen molar-refractivity contribution in [1.82, 2.24) is 4.90 Å². The molecule has 1 aromatic rings. The van der Waals surface area contributed by atoms with Crippen molar-refractivity contribution in [1.29, 1.82) is 0 Å². The van der Waals surface area contributed by atoms with Crippen LogP contribution in [-0.2, 0) is 6.42 Å². The molecule has 15 heavy (non-hydrogen) atoms. The van der Waals surface area contributed by atoms with Crippen molar-refractivity contribution in [2.75, 3.05) is 7.05 Å². The van der Waals surface area contributed by atoms with Crippen LogP contribution in [0.25, 0.3) is 0 Å². The van der Waals surface area contributed by atoms with Crippen LogP contribution in [0.2, 0.25) is 0 Å². The first-order valence-electron chi connectivity index (χ1n) is 5.63. The normalized spacial score (nSPS) is 19.9. The summed E-state index contributed by atoms with van der Waals surface area (Å²) in [5.74, 6) is 0.390. The van der Waals surface area contributed by atoms with Gasteiger partial charge in [-0.25, -0.2) is 0 Å². The molecule has 0 aliphatic heterocycles. The molecule has 82 valence electrons. The fourth-order valence-electron chi connectivity index (χ4n) is 2.36. The highest BCUT2D eigenvalue weighted by Gasteiger charge is 2.26. The second-order valence-electron chi connectivity index (χ2n) is 4.70. The van der Waals surface area contributed by atoms with E-state index in [1.807, 2.05) is 6.07 Å². The SMILES string of the molecule is CC(C)N(C)C1CCc2cc(O)ccc21. The molecule has 0 bridgehead atoms. The Morgan fingerprint density at radius 2 is 2.13 bits per heavy atom. The summed E-state index contributed by atoms with van der Waals surface area (Å²) in [7, 11) is 2.18. The molecule has 2 heteroatoms. The summed E-state index contributed by atoms with van der Waals surface area (Å²) in [6.45, 7) is 4.44. The Labute approximate surface area is 91.5 Å². The van der Waals surface area contributed by atoms with Crippen LogP contribution in [0.3, 0.4) is 0 Å². The molecule has 0 aromatic heterocycles. The first-order valence-corrected chi connectivity index (χ1v) is 5.63. The molecule has 1 atom stereocenters. The van der Waals surface area contributed by atoms with Gasteiger partial charge in [-0.3, -0.25) is 4.90 Å². The van der Waals surface area contributed by atoms with Gasteiger partial charge in [0.05, 0.1) is 0 Å². The zero-order valence-electron chi connectivity index (χ0n) is 9.70. The predicted octanol–water partition coefficient (Wildman–Crippen LogP) is 2.72. The van der Waals surface area contributed by atoms with Crippen molar-refractivity contribution in [2.24, 2.45) is 0 Å². The van der Waals surface area contributed by atoms with Crippen LogP contribution in [0.5, 0.6) is 5.75 Å². The molecule has 1 aliphatic carbocycles. The predicted molar refractivity (Wildman–Crippen MR) is 62.1 cm³/mol. The summed E-state index contributed by atoms with van der Waals surface area (Å²) in [6.07, 6.45) is 2.26. The third kappa shape index (κ3) is 1.86. The van der Waals surface area contributed by atoms with Crippen LogP contribution in [0, 0.1) is 0 Å². The van der Waals surface area contributed by atoms with Gasteiger partial charge in [0, 0.05) is 12.1 Å². The minimum atomic E-state index is 0.390. The largest absolute Gasteiger partial charge is 0.508 e. The maximum Gasteiger partial charge on any atom is 0.115 e. The van der Waals surface area contributed by atoms with Crippen molar-refractivity contribution in [3.63, 3.8) is 0 Å². The Kier molecular flexibility index (Phi) is 2.70. The summed E-state index contributed by atoms with van der Waals surface area (Å²) in [5, 5.41) is 9.42. The third-order valence-electron chi connectivity index (χ3n) is 3.48. The molecule has 1 aromatic carbocycles. The number of hydrogen-bond donors (Lipinski definition) is 1. The zero-order chi connectivity index (χ0) is 11.0. The van der Waals surface area contributed by atoms with Crippen molar-refractivity contribution >= 4 is 0 Å². The molecule has 0 heterocycles. The van der Waals surface area contributed by atoms with E-state index in [1.165, 1.54) is 17.5 Å². The van der Waals surface area contributed by atoms with Gasteiger partial charge in [0.15, 0.2) is 0 Å². The molecule has 0 amide bonds. The lowest BCUT2D eigenvalue weighted by Gasteiger charge is -2.28. The van der Waals surface area contributed by atoms with E-state index < -0.39 is 0 Å². The van der Waals surface area contributed by atoms with Gasteiger partial charge in [-0.1, -0.05) is 6.07 Å². The van der Waals surface area contributed by atoms with Gasteiger partial charge >= 0.3 is 0 Å². The zero-order valence-corrected chi connectivity index (χ0v) is 9.70. The summed E-state index contributed by atoms with van der Waals surface area (Å²) < 4.78 is 0. The second kappa shape index (κ2) is 3.86. The molecular weight excluding hydrogens is 186 g/mol. The van der Waals surface area contributed by atoms with Crippen molar-refractivity contribution in [3.8, 4) is 5.75 Å². The van der Waals surface area contributed by atoms with Crippen molar-refractivity contribution in [2.45, 2.75) is 38.8 Å². The Hall–Kier alpha value is -1.02.